The molecule has 0 aromatic heterocycles. The number of carbonyl (C=O) groups is 1. The number of benzene rings is 1. The summed E-state index contributed by atoms with van der Waals surface area (Å²) in [5.74, 6) is -0.805. The second kappa shape index (κ2) is 7.29. The van der Waals surface area contributed by atoms with E-state index in [2.05, 4.69) is 10.6 Å². The fourth-order valence-corrected chi connectivity index (χ4v) is 5.27. The van der Waals surface area contributed by atoms with E-state index in [1.807, 2.05) is 13.0 Å². The number of rotatable bonds is 4. The van der Waals surface area contributed by atoms with Crippen molar-refractivity contribution in [3.05, 3.63) is 28.8 Å². The minimum atomic E-state index is -4.64. The molecule has 7 nitrogen and oxygen atoms in total. The Hall–Kier alpha value is -1.84. The monoisotopic (exact) mass is 418 g/mol. The van der Waals surface area contributed by atoms with Crippen LogP contribution in [0.25, 0.3) is 0 Å². The smallest absolute Gasteiger partial charge is 0.319 e. The van der Waals surface area contributed by atoms with Crippen LogP contribution >= 0.6 is 11.6 Å². The summed E-state index contributed by atoms with van der Waals surface area (Å²) in [5.41, 5.74) is 0.840. The third kappa shape index (κ3) is 3.63. The highest BCUT2D eigenvalue weighted by Gasteiger charge is 2.50. The summed E-state index contributed by atoms with van der Waals surface area (Å²) >= 11 is 5.94. The lowest BCUT2D eigenvalue weighted by Gasteiger charge is -2.21. The molecule has 2 unspecified atom stereocenters. The Morgan fingerprint density at radius 2 is 2.19 bits per heavy atom. The molecular weight excluding hydrogens is 399 g/mol. The zero-order valence-electron chi connectivity index (χ0n) is 14.6. The Morgan fingerprint density at radius 3 is 2.78 bits per heavy atom. The maximum Gasteiger partial charge on any atom is 0.319 e. The molecule has 2 amide bonds. The van der Waals surface area contributed by atoms with Crippen LogP contribution in [-0.2, 0) is 14.6 Å². The molecule has 1 fully saturated rings. The van der Waals surface area contributed by atoms with E-state index >= 15 is 0 Å². The number of phenolic OH excluding ortho intramolecular Hbond substituents is 1. The summed E-state index contributed by atoms with van der Waals surface area (Å²) in [6, 6.07) is 1.69. The summed E-state index contributed by atoms with van der Waals surface area (Å²) < 4.78 is 45.2. The third-order valence-electron chi connectivity index (χ3n) is 4.80. The minimum Gasteiger partial charge on any atom is -0.504 e. The van der Waals surface area contributed by atoms with Gasteiger partial charge in [-0.25, -0.2) is 17.6 Å². The largest absolute Gasteiger partial charge is 0.504 e. The predicted octanol–water partition coefficient (Wildman–Crippen LogP) is 3.14. The van der Waals surface area contributed by atoms with E-state index in [4.69, 9.17) is 16.3 Å². The summed E-state index contributed by atoms with van der Waals surface area (Å²) in [4.78, 5) is 11.4. The van der Waals surface area contributed by atoms with Gasteiger partial charge in [-0.3, -0.25) is 0 Å². The molecule has 10 heteroatoms. The molecule has 0 radical (unpaired) electrons. The van der Waals surface area contributed by atoms with Gasteiger partial charge in [-0.2, -0.15) is 0 Å². The van der Waals surface area contributed by atoms with Crippen molar-refractivity contribution >= 4 is 33.2 Å². The van der Waals surface area contributed by atoms with Crippen LogP contribution in [0.1, 0.15) is 26.2 Å². The number of phenols is 1. The molecule has 2 atom stereocenters. The van der Waals surface area contributed by atoms with Crippen molar-refractivity contribution < 1.29 is 27.4 Å². The molecule has 3 rings (SSSR count). The Labute approximate surface area is 161 Å². The number of hydrogen-bond acceptors (Lipinski definition) is 5. The second-order valence-electron chi connectivity index (χ2n) is 6.64. The highest BCUT2D eigenvalue weighted by atomic mass is 35.5. The third-order valence-corrected chi connectivity index (χ3v) is 7.46. The first kappa shape index (κ1) is 19.9. The van der Waals surface area contributed by atoms with Crippen LogP contribution in [0.5, 0.6) is 5.75 Å². The normalized spacial score (nSPS) is 25.3. The van der Waals surface area contributed by atoms with Crippen molar-refractivity contribution in [2.24, 2.45) is 0 Å². The molecule has 0 saturated carbocycles. The molecule has 1 aromatic carbocycles. The lowest BCUT2D eigenvalue weighted by Crippen LogP contribution is -2.37. The van der Waals surface area contributed by atoms with E-state index in [1.165, 1.54) is 12.1 Å². The van der Waals surface area contributed by atoms with Crippen LogP contribution in [-0.4, -0.2) is 43.8 Å². The van der Waals surface area contributed by atoms with Gasteiger partial charge in [0, 0.05) is 6.42 Å². The van der Waals surface area contributed by atoms with Gasteiger partial charge in [0.25, 0.3) is 0 Å². The number of ether oxygens (including phenoxy) is 1. The number of sulfone groups is 1. The van der Waals surface area contributed by atoms with Crippen LogP contribution in [0.4, 0.5) is 14.9 Å². The number of hydrogen-bond donors (Lipinski definition) is 3. The molecule has 3 N–H and O–H groups in total. The van der Waals surface area contributed by atoms with Gasteiger partial charge in [0.05, 0.1) is 30.0 Å². The fraction of sp³-hybridized carbons (Fsp3) is 0.471. The highest BCUT2D eigenvalue weighted by molar-refractivity contribution is 7.93. The van der Waals surface area contributed by atoms with Crippen LogP contribution < -0.4 is 10.6 Å². The molecule has 1 aliphatic heterocycles. The standard InChI is InChI=1S/C17H20ClFN2O5S/c1-10-3-2-4-12(10)20-16(23)21-13-6-5-11(18)15(14(13)22)27(24,25)17(19)7-8-26-9-17/h3,5-6,12,22H,2,4,7-9H2,1H3,(H2,20,21,23). The molecule has 2 aliphatic rings. The van der Waals surface area contributed by atoms with Crippen molar-refractivity contribution in [1.29, 1.82) is 0 Å². The van der Waals surface area contributed by atoms with Crippen LogP contribution in [0.15, 0.2) is 28.7 Å². The topological polar surface area (TPSA) is 105 Å². The average Bonchev–Trinajstić information content (AvgIpc) is 3.20. The summed E-state index contributed by atoms with van der Waals surface area (Å²) in [5, 5.41) is 12.5. The van der Waals surface area contributed by atoms with Gasteiger partial charge >= 0.3 is 6.03 Å². The van der Waals surface area contributed by atoms with E-state index in [0.29, 0.717) is 0 Å². The second-order valence-corrected chi connectivity index (χ2v) is 9.19. The number of aromatic hydroxyl groups is 1. The van der Waals surface area contributed by atoms with E-state index in [9.17, 15) is 22.7 Å². The Bertz CT molecular complexity index is 897. The molecule has 0 bridgehead atoms. The van der Waals surface area contributed by atoms with Crippen molar-refractivity contribution in [3.8, 4) is 5.75 Å². The first-order chi connectivity index (χ1) is 12.7. The quantitative estimate of drug-likeness (QED) is 0.514. The number of carbonyl (C=O) groups excluding carboxylic acids is 1. The van der Waals surface area contributed by atoms with Gasteiger partial charge in [-0.05, 0) is 31.9 Å². The van der Waals surface area contributed by atoms with Crippen LogP contribution in [0, 0.1) is 0 Å². The molecular formula is C17H20ClFN2O5S. The molecule has 1 aromatic rings. The van der Waals surface area contributed by atoms with Crippen LogP contribution in [0.3, 0.4) is 0 Å². The number of halogens is 2. The summed E-state index contributed by atoms with van der Waals surface area (Å²) in [7, 11) is -4.64. The fourth-order valence-electron chi connectivity index (χ4n) is 3.17. The molecule has 1 aliphatic carbocycles. The number of nitrogens with one attached hydrogen (secondary N) is 2. The number of anilines is 1. The first-order valence-corrected chi connectivity index (χ1v) is 10.3. The van der Waals surface area contributed by atoms with Crippen molar-refractivity contribution in [2.75, 3.05) is 18.5 Å². The van der Waals surface area contributed by atoms with Gasteiger partial charge in [-0.1, -0.05) is 23.3 Å². The number of alkyl halides is 1. The lowest BCUT2D eigenvalue weighted by molar-refractivity contribution is 0.157. The molecule has 1 saturated heterocycles. The van der Waals surface area contributed by atoms with E-state index < -0.39 is 38.1 Å². The van der Waals surface area contributed by atoms with E-state index in [0.717, 1.165) is 18.4 Å². The molecule has 1 heterocycles. The van der Waals surface area contributed by atoms with E-state index in [1.54, 1.807) is 0 Å². The van der Waals surface area contributed by atoms with Gasteiger partial charge in [-0.15, -0.1) is 0 Å². The summed E-state index contributed by atoms with van der Waals surface area (Å²) in [6.45, 7) is 1.20. The van der Waals surface area contributed by atoms with Crippen LogP contribution in [0.2, 0.25) is 5.02 Å². The predicted molar refractivity (Wildman–Crippen MR) is 98.5 cm³/mol. The zero-order chi connectivity index (χ0) is 19.8. The summed E-state index contributed by atoms with van der Waals surface area (Å²) in [6.07, 6.45) is 3.26. The number of allylic oxidation sites excluding steroid dienone is 1. The SMILES string of the molecule is CC1=CCCC1NC(=O)Nc1ccc(Cl)c(S(=O)(=O)C2(F)CCOC2)c1O. The maximum absolute atomic E-state index is 14.9. The van der Waals surface area contributed by atoms with Crippen molar-refractivity contribution in [2.45, 2.75) is 42.1 Å². The Kier molecular flexibility index (Phi) is 5.38. The maximum atomic E-state index is 14.9. The highest BCUT2D eigenvalue weighted by Crippen LogP contribution is 2.44. The van der Waals surface area contributed by atoms with Gasteiger partial charge < -0.3 is 20.5 Å². The first-order valence-electron chi connectivity index (χ1n) is 8.42. The van der Waals surface area contributed by atoms with E-state index in [-0.39, 0.29) is 29.8 Å². The van der Waals surface area contributed by atoms with Gasteiger partial charge in [0.2, 0.25) is 14.8 Å². The zero-order valence-corrected chi connectivity index (χ0v) is 16.2. The molecule has 148 valence electrons. The minimum absolute atomic E-state index is 0.0529. The number of urea groups is 1. The number of amides is 2. The Balaban J connectivity index is 1.87. The molecule has 0 spiro atoms. The van der Waals surface area contributed by atoms with Crippen molar-refractivity contribution in [1.82, 2.24) is 5.32 Å². The Morgan fingerprint density at radius 1 is 1.44 bits per heavy atom. The average molecular weight is 419 g/mol. The lowest BCUT2D eigenvalue weighted by atomic mass is 10.2. The molecule has 27 heavy (non-hydrogen) atoms. The van der Waals surface area contributed by atoms with Gasteiger partial charge in [0.1, 0.15) is 4.90 Å². The van der Waals surface area contributed by atoms with Crippen molar-refractivity contribution in [3.63, 3.8) is 0 Å². The van der Waals surface area contributed by atoms with Gasteiger partial charge in [0.15, 0.2) is 5.75 Å².